The monoisotopic (exact) mass is 613 g/mol. The summed E-state index contributed by atoms with van der Waals surface area (Å²) in [5, 5.41) is 17.4. The van der Waals surface area contributed by atoms with Crippen molar-refractivity contribution in [2.45, 2.75) is 51.0 Å². The van der Waals surface area contributed by atoms with E-state index in [9.17, 15) is 4.79 Å². The van der Waals surface area contributed by atoms with E-state index in [2.05, 4.69) is 58.0 Å². The number of halogens is 1. The fraction of sp³-hybridized carbons (Fsp3) is 0.455. The number of hydrogen-bond donors (Lipinski definition) is 3. The molecule has 10 nitrogen and oxygen atoms in total. The summed E-state index contributed by atoms with van der Waals surface area (Å²) >= 11 is 6.53. The van der Waals surface area contributed by atoms with E-state index in [1.54, 1.807) is 11.1 Å². The van der Waals surface area contributed by atoms with E-state index in [4.69, 9.17) is 21.7 Å². The number of carbonyl (C=O) groups is 1. The van der Waals surface area contributed by atoms with Crippen LogP contribution in [0.2, 0.25) is 5.02 Å². The van der Waals surface area contributed by atoms with Crippen LogP contribution in [0, 0.1) is 5.92 Å². The van der Waals surface area contributed by atoms with Crippen molar-refractivity contribution in [3.63, 3.8) is 0 Å². The number of rotatable bonds is 6. The quantitative estimate of drug-likeness (QED) is 0.263. The van der Waals surface area contributed by atoms with Crippen LogP contribution in [-0.2, 0) is 18.3 Å². The Morgan fingerprint density at radius 2 is 1.93 bits per heavy atom. The number of piperidine rings is 1. The van der Waals surface area contributed by atoms with Crippen molar-refractivity contribution in [3.8, 4) is 0 Å². The molecule has 5 heterocycles. The molecule has 3 unspecified atom stereocenters. The number of aryl methyl sites for hydroxylation is 1. The minimum absolute atomic E-state index is 0.0988. The van der Waals surface area contributed by atoms with Gasteiger partial charge in [-0.1, -0.05) is 18.5 Å². The normalized spacial score (nSPS) is 22.3. The Balaban J connectivity index is 1.04. The summed E-state index contributed by atoms with van der Waals surface area (Å²) in [5.41, 5.74) is 6.32. The van der Waals surface area contributed by atoms with Gasteiger partial charge in [0.2, 0.25) is 11.9 Å². The highest BCUT2D eigenvalue weighted by atomic mass is 35.5. The van der Waals surface area contributed by atoms with Crippen molar-refractivity contribution in [2.24, 2.45) is 13.0 Å². The molecule has 0 bridgehead atoms. The van der Waals surface area contributed by atoms with Gasteiger partial charge in [-0.15, -0.1) is 0 Å². The molecule has 3 N–H and O–H groups in total. The van der Waals surface area contributed by atoms with Crippen molar-refractivity contribution in [3.05, 3.63) is 58.9 Å². The molecule has 1 amide bonds. The van der Waals surface area contributed by atoms with E-state index >= 15 is 0 Å². The van der Waals surface area contributed by atoms with E-state index in [-0.39, 0.29) is 5.91 Å². The van der Waals surface area contributed by atoms with Gasteiger partial charge in [-0.05, 0) is 80.1 Å². The van der Waals surface area contributed by atoms with Crippen molar-refractivity contribution in [1.29, 1.82) is 0 Å². The second kappa shape index (κ2) is 11.9. The van der Waals surface area contributed by atoms with Gasteiger partial charge in [-0.25, -0.2) is 4.98 Å². The van der Waals surface area contributed by atoms with E-state index < -0.39 is 0 Å². The van der Waals surface area contributed by atoms with E-state index in [0.717, 1.165) is 61.6 Å². The lowest BCUT2D eigenvalue weighted by Crippen LogP contribution is -2.34. The second-order valence-electron chi connectivity index (χ2n) is 12.6. The third-order valence-electron chi connectivity index (χ3n) is 9.49. The molecule has 0 aliphatic carbocycles. The smallest absolute Gasteiger partial charge is 0.231 e. The summed E-state index contributed by atoms with van der Waals surface area (Å²) in [6, 6.07) is 12.9. The number of aromatic nitrogens is 4. The zero-order valence-electron chi connectivity index (χ0n) is 25.6. The van der Waals surface area contributed by atoms with Crippen LogP contribution < -0.4 is 25.8 Å². The molecule has 11 heteroatoms. The summed E-state index contributed by atoms with van der Waals surface area (Å²) in [5.74, 6) is 2.17. The molecule has 0 saturated carbocycles. The number of hydrogen-bond acceptors (Lipinski definition) is 8. The summed E-state index contributed by atoms with van der Waals surface area (Å²) < 4.78 is 2.03. The van der Waals surface area contributed by atoms with Gasteiger partial charge in [0.05, 0.1) is 23.8 Å². The minimum atomic E-state index is 0.0988. The number of fused-ring (bicyclic) bond motifs is 2. The van der Waals surface area contributed by atoms with Gasteiger partial charge < -0.3 is 25.8 Å². The van der Waals surface area contributed by atoms with Crippen molar-refractivity contribution in [1.82, 2.24) is 25.1 Å². The first-order chi connectivity index (χ1) is 21.3. The van der Waals surface area contributed by atoms with Crippen molar-refractivity contribution < 1.29 is 4.79 Å². The van der Waals surface area contributed by atoms with Gasteiger partial charge in [0.25, 0.3) is 0 Å². The second-order valence-corrected chi connectivity index (χ2v) is 13.0. The third kappa shape index (κ3) is 5.57. The fourth-order valence-electron chi connectivity index (χ4n) is 7.01. The molecule has 0 spiro atoms. The van der Waals surface area contributed by atoms with Gasteiger partial charge >= 0.3 is 0 Å². The number of anilines is 5. The number of benzene rings is 2. The predicted octanol–water partition coefficient (Wildman–Crippen LogP) is 5.46. The van der Waals surface area contributed by atoms with Crippen LogP contribution in [0.25, 0.3) is 10.9 Å². The molecule has 3 aliphatic rings. The summed E-state index contributed by atoms with van der Waals surface area (Å²) in [4.78, 5) is 25.5. The number of nitrogens with zero attached hydrogens (tertiary/aromatic N) is 6. The summed E-state index contributed by atoms with van der Waals surface area (Å²) in [6.07, 6.45) is 6.55. The molecule has 2 fully saturated rings. The molecular formula is C33H40ClN9O. The molecule has 3 aliphatic heterocycles. The van der Waals surface area contributed by atoms with Crippen LogP contribution >= 0.6 is 11.6 Å². The van der Waals surface area contributed by atoms with E-state index in [1.807, 2.05) is 29.9 Å². The molecule has 44 heavy (non-hydrogen) atoms. The third-order valence-corrected chi connectivity index (χ3v) is 9.76. The molecule has 2 aromatic carbocycles. The highest BCUT2D eigenvalue weighted by molar-refractivity contribution is 6.32. The van der Waals surface area contributed by atoms with Gasteiger partial charge in [0.1, 0.15) is 5.02 Å². The van der Waals surface area contributed by atoms with Crippen LogP contribution in [-0.4, -0.2) is 64.9 Å². The zero-order chi connectivity index (χ0) is 30.4. The molecule has 4 aromatic rings. The van der Waals surface area contributed by atoms with E-state index in [1.165, 1.54) is 29.4 Å². The largest absolute Gasteiger partial charge is 0.382 e. The Kier molecular flexibility index (Phi) is 7.80. The van der Waals surface area contributed by atoms with Crippen molar-refractivity contribution in [2.75, 3.05) is 53.7 Å². The molecule has 3 atom stereocenters. The fourth-order valence-corrected chi connectivity index (χ4v) is 7.15. The topological polar surface area (TPSA) is 103 Å². The van der Waals surface area contributed by atoms with Crippen LogP contribution in [0.4, 0.5) is 28.8 Å². The van der Waals surface area contributed by atoms with Gasteiger partial charge in [-0.2, -0.15) is 10.1 Å². The summed E-state index contributed by atoms with van der Waals surface area (Å²) in [6.45, 7) is 6.11. The van der Waals surface area contributed by atoms with Gasteiger partial charge in [0, 0.05) is 68.1 Å². The van der Waals surface area contributed by atoms with Crippen LogP contribution in [0.15, 0.2) is 42.6 Å². The molecule has 230 valence electrons. The lowest BCUT2D eigenvalue weighted by atomic mass is 9.94. The molecular weight excluding hydrogens is 574 g/mol. The first-order valence-electron chi connectivity index (χ1n) is 15.7. The molecule has 2 saturated heterocycles. The highest BCUT2D eigenvalue weighted by Crippen LogP contribution is 2.34. The molecule has 7 rings (SSSR count). The minimum Gasteiger partial charge on any atom is -0.382 e. The lowest BCUT2D eigenvalue weighted by molar-refractivity contribution is -0.117. The Labute approximate surface area is 263 Å². The number of likely N-dealkylation sites (N-methyl/N-ethyl adjacent to an activating group) is 1. The lowest BCUT2D eigenvalue weighted by Gasteiger charge is -2.27. The van der Waals surface area contributed by atoms with Crippen LogP contribution in [0.3, 0.4) is 0 Å². The first-order valence-corrected chi connectivity index (χ1v) is 16.1. The highest BCUT2D eigenvalue weighted by Gasteiger charge is 2.27. The van der Waals surface area contributed by atoms with Gasteiger partial charge in [0.15, 0.2) is 5.82 Å². The van der Waals surface area contributed by atoms with Crippen molar-refractivity contribution >= 4 is 57.2 Å². The number of carbonyl (C=O) groups excluding carboxylic acids is 1. The van der Waals surface area contributed by atoms with Crippen LogP contribution in [0.1, 0.15) is 49.8 Å². The Morgan fingerprint density at radius 1 is 1.07 bits per heavy atom. The Morgan fingerprint density at radius 3 is 2.77 bits per heavy atom. The maximum Gasteiger partial charge on any atom is 0.231 e. The Bertz CT molecular complexity index is 1700. The maximum absolute atomic E-state index is 12.1. The molecule has 2 aromatic heterocycles. The standard InChI is InChI=1S/C33H40ClN9O/c1-20-19-43(33-36-18-26(34)32(39-33)38-23-9-11-28-22(14-23)15-30(44)41(28)2)13-5-7-27(20)37-24-8-10-25-29(16-24)42(3)40-31(25)21-6-4-12-35-17-21/h8-11,14,16,18,20-21,27,35,37H,4-7,12-13,15,17,19H2,1-3H3,(H,36,38,39). The Hall–Kier alpha value is -3.89. The first kappa shape index (κ1) is 28.9. The maximum atomic E-state index is 12.1. The number of nitrogens with one attached hydrogen (secondary N) is 3. The predicted molar refractivity (Wildman–Crippen MR) is 177 cm³/mol. The SMILES string of the molecule is CC1CN(c2ncc(Cl)c(Nc3ccc4c(c3)CC(=O)N4C)n2)CCCC1Nc1ccc2c(C3CCCNC3)nn(C)c2c1. The zero-order valence-corrected chi connectivity index (χ0v) is 26.4. The average molecular weight is 614 g/mol. The molecule has 0 radical (unpaired) electrons. The summed E-state index contributed by atoms with van der Waals surface area (Å²) in [7, 11) is 3.86. The van der Waals surface area contributed by atoms with Crippen LogP contribution in [0.5, 0.6) is 0 Å². The number of amides is 1. The van der Waals surface area contributed by atoms with Gasteiger partial charge in [-0.3, -0.25) is 9.48 Å². The van der Waals surface area contributed by atoms with E-state index in [0.29, 0.717) is 41.1 Å². The average Bonchev–Trinajstić information content (AvgIpc) is 3.43.